The predicted molar refractivity (Wildman–Crippen MR) is 83.5 cm³/mol. The molecule has 0 saturated carbocycles. The summed E-state index contributed by atoms with van der Waals surface area (Å²) in [5.41, 5.74) is -2.03. The van der Waals surface area contributed by atoms with E-state index in [9.17, 15) is 26.3 Å². The molecule has 0 aromatic carbocycles. The van der Waals surface area contributed by atoms with Crippen molar-refractivity contribution in [2.75, 3.05) is 18.0 Å². The molecule has 28 heavy (non-hydrogen) atoms. The summed E-state index contributed by atoms with van der Waals surface area (Å²) in [6.07, 6.45) is -6.24. The average Bonchev–Trinajstić information content (AvgIpc) is 3.29. The lowest BCUT2D eigenvalue weighted by Gasteiger charge is -2.35. The first-order valence-corrected chi connectivity index (χ1v) is 8.28. The van der Waals surface area contributed by atoms with Crippen molar-refractivity contribution >= 4 is 11.6 Å². The molecule has 0 unspecified atom stereocenters. The molecule has 150 valence electrons. The van der Waals surface area contributed by atoms with Crippen LogP contribution in [-0.2, 0) is 12.4 Å². The molecule has 0 aliphatic carbocycles. The van der Waals surface area contributed by atoms with Crippen LogP contribution in [0, 0.1) is 0 Å². The number of alkyl halides is 6. The Hall–Kier alpha value is -2.86. The third-order valence-corrected chi connectivity index (χ3v) is 4.55. The Labute approximate surface area is 153 Å². The maximum atomic E-state index is 13.2. The zero-order valence-electron chi connectivity index (χ0n) is 14.1. The summed E-state index contributed by atoms with van der Waals surface area (Å²) >= 11 is 0. The smallest absolute Gasteiger partial charge is 0.354 e. The monoisotopic (exact) mass is 405 g/mol. The van der Waals surface area contributed by atoms with E-state index in [1.807, 2.05) is 0 Å². The highest BCUT2D eigenvalue weighted by Gasteiger charge is 2.38. The number of piperidine rings is 1. The van der Waals surface area contributed by atoms with Crippen molar-refractivity contribution in [1.82, 2.24) is 29.4 Å². The molecule has 0 N–H and O–H groups in total. The van der Waals surface area contributed by atoms with Crippen molar-refractivity contribution in [3.63, 3.8) is 0 Å². The van der Waals surface area contributed by atoms with E-state index in [0.717, 1.165) is 33.9 Å². The number of hydrogen-bond donors (Lipinski definition) is 0. The van der Waals surface area contributed by atoms with E-state index in [0.29, 0.717) is 19.4 Å². The second kappa shape index (κ2) is 6.34. The number of hydrogen-bond acceptors (Lipinski definition) is 5. The Morgan fingerprint density at radius 3 is 2.54 bits per heavy atom. The minimum atomic E-state index is -4.69. The lowest BCUT2D eigenvalue weighted by molar-refractivity contribution is -0.145. The van der Waals surface area contributed by atoms with Gasteiger partial charge in [-0.2, -0.15) is 46.0 Å². The van der Waals surface area contributed by atoms with E-state index in [2.05, 4.69) is 20.2 Å². The van der Waals surface area contributed by atoms with Gasteiger partial charge in [0, 0.05) is 25.4 Å². The van der Waals surface area contributed by atoms with Crippen molar-refractivity contribution in [2.24, 2.45) is 0 Å². The minimum Gasteiger partial charge on any atom is -0.354 e. The molecule has 0 radical (unpaired) electrons. The van der Waals surface area contributed by atoms with Gasteiger partial charge in [-0.25, -0.2) is 4.98 Å². The van der Waals surface area contributed by atoms with Gasteiger partial charge >= 0.3 is 12.4 Å². The molecule has 0 spiro atoms. The molecule has 13 heteroatoms. The van der Waals surface area contributed by atoms with Crippen LogP contribution < -0.4 is 4.90 Å². The largest absolute Gasteiger partial charge is 0.433 e. The van der Waals surface area contributed by atoms with E-state index in [4.69, 9.17) is 0 Å². The maximum Gasteiger partial charge on any atom is 0.433 e. The molecule has 0 bridgehead atoms. The molecular formula is C15H13F6N7. The average molecular weight is 405 g/mol. The van der Waals surface area contributed by atoms with Crippen LogP contribution in [0.2, 0.25) is 0 Å². The highest BCUT2D eigenvalue weighted by Crippen LogP contribution is 2.35. The maximum absolute atomic E-state index is 13.2. The molecule has 1 fully saturated rings. The zero-order valence-corrected chi connectivity index (χ0v) is 14.1. The van der Waals surface area contributed by atoms with Gasteiger partial charge in [-0.3, -0.25) is 4.68 Å². The van der Waals surface area contributed by atoms with Crippen molar-refractivity contribution < 1.29 is 26.3 Å². The van der Waals surface area contributed by atoms with E-state index >= 15 is 0 Å². The van der Waals surface area contributed by atoms with Crippen molar-refractivity contribution in [1.29, 1.82) is 0 Å². The van der Waals surface area contributed by atoms with Crippen LogP contribution in [0.5, 0.6) is 0 Å². The van der Waals surface area contributed by atoms with Gasteiger partial charge in [0.05, 0.1) is 6.04 Å². The van der Waals surface area contributed by atoms with Gasteiger partial charge in [-0.15, -0.1) is 0 Å². The van der Waals surface area contributed by atoms with Crippen molar-refractivity contribution in [3.05, 3.63) is 36.0 Å². The summed E-state index contributed by atoms with van der Waals surface area (Å²) in [7, 11) is 0. The normalized spacial score (nSPS) is 18.8. The van der Waals surface area contributed by atoms with Crippen LogP contribution in [-0.4, -0.2) is 42.5 Å². The highest BCUT2D eigenvalue weighted by molar-refractivity contribution is 5.48. The summed E-state index contributed by atoms with van der Waals surface area (Å²) < 4.78 is 81.1. The van der Waals surface area contributed by atoms with Crippen LogP contribution in [0.4, 0.5) is 32.2 Å². The number of fused-ring (bicyclic) bond motifs is 1. The first kappa shape index (κ1) is 18.5. The Bertz CT molecular complexity index is 989. The Morgan fingerprint density at radius 1 is 1.04 bits per heavy atom. The molecule has 1 saturated heterocycles. The number of halogens is 6. The second-order valence-electron chi connectivity index (χ2n) is 6.37. The molecule has 4 heterocycles. The van der Waals surface area contributed by atoms with Crippen molar-refractivity contribution in [3.8, 4) is 0 Å². The SMILES string of the molecule is FC(F)(F)c1cc(N2CCC[C@@H](n3nccc3C(F)(F)F)C2)n2ncnc2n1. The number of aromatic nitrogens is 6. The van der Waals surface area contributed by atoms with Gasteiger partial charge in [-0.1, -0.05) is 0 Å². The van der Waals surface area contributed by atoms with Crippen LogP contribution in [0.1, 0.15) is 30.3 Å². The molecule has 3 aromatic rings. The fourth-order valence-electron chi connectivity index (χ4n) is 3.36. The quantitative estimate of drug-likeness (QED) is 0.613. The van der Waals surface area contributed by atoms with Gasteiger partial charge in [0.25, 0.3) is 5.78 Å². The molecule has 7 nitrogen and oxygen atoms in total. The van der Waals surface area contributed by atoms with Crippen LogP contribution in [0.25, 0.3) is 5.78 Å². The summed E-state index contributed by atoms with van der Waals surface area (Å²) in [6.45, 7) is 0.399. The van der Waals surface area contributed by atoms with Gasteiger partial charge in [0.15, 0.2) is 5.69 Å². The summed E-state index contributed by atoms with van der Waals surface area (Å²) in [5, 5.41) is 7.68. The topological polar surface area (TPSA) is 64.1 Å². The van der Waals surface area contributed by atoms with Crippen LogP contribution in [0.3, 0.4) is 0 Å². The zero-order chi connectivity index (χ0) is 20.1. The lowest BCUT2D eigenvalue weighted by Crippen LogP contribution is -2.39. The van der Waals surface area contributed by atoms with Gasteiger partial charge in [0.1, 0.15) is 17.8 Å². The first-order valence-electron chi connectivity index (χ1n) is 8.28. The van der Waals surface area contributed by atoms with E-state index in [-0.39, 0.29) is 18.1 Å². The van der Waals surface area contributed by atoms with E-state index in [1.165, 1.54) is 0 Å². The fraction of sp³-hybridized carbons (Fsp3) is 0.467. The second-order valence-corrected chi connectivity index (χ2v) is 6.37. The molecule has 1 aliphatic heterocycles. The molecule has 4 rings (SSSR count). The molecule has 1 atom stereocenters. The summed E-state index contributed by atoms with van der Waals surface area (Å²) in [6, 6.07) is 1.06. The van der Waals surface area contributed by atoms with Gasteiger partial charge in [0.2, 0.25) is 0 Å². The predicted octanol–water partition coefficient (Wildman–Crippen LogP) is 3.20. The lowest BCUT2D eigenvalue weighted by atomic mass is 10.1. The van der Waals surface area contributed by atoms with Crippen LogP contribution >= 0.6 is 0 Å². The Morgan fingerprint density at radius 2 is 1.82 bits per heavy atom. The summed E-state index contributed by atoms with van der Waals surface area (Å²) in [5.74, 6) is -0.165. The van der Waals surface area contributed by atoms with Gasteiger partial charge in [-0.05, 0) is 18.9 Å². The van der Waals surface area contributed by atoms with Crippen LogP contribution in [0.15, 0.2) is 24.7 Å². The molecule has 3 aromatic heterocycles. The van der Waals surface area contributed by atoms with Gasteiger partial charge < -0.3 is 4.90 Å². The third kappa shape index (κ3) is 3.24. The first-order chi connectivity index (χ1) is 13.1. The summed E-state index contributed by atoms with van der Waals surface area (Å²) in [4.78, 5) is 8.71. The molecule has 1 aliphatic rings. The third-order valence-electron chi connectivity index (χ3n) is 4.55. The molecular weight excluding hydrogens is 392 g/mol. The minimum absolute atomic E-state index is 0.0427. The number of nitrogens with zero attached hydrogens (tertiary/aromatic N) is 7. The Kier molecular flexibility index (Phi) is 4.19. The number of rotatable bonds is 2. The molecule has 0 amide bonds. The van der Waals surface area contributed by atoms with E-state index in [1.54, 1.807) is 4.90 Å². The fourth-order valence-corrected chi connectivity index (χ4v) is 3.36. The van der Waals surface area contributed by atoms with Crippen molar-refractivity contribution in [2.45, 2.75) is 31.2 Å². The Balaban J connectivity index is 1.71. The van der Waals surface area contributed by atoms with E-state index < -0.39 is 29.8 Å². The highest BCUT2D eigenvalue weighted by atomic mass is 19.4. The standard InChI is InChI=1S/C15H13F6N7/c16-14(17,18)10-6-12(28-13(25-10)22-8-24-28)26-5-1-2-9(7-26)27-11(3-4-23-27)15(19,20)21/h3-4,6,8-9H,1-2,5,7H2/t9-/m1/s1. The number of anilines is 1.